The van der Waals surface area contributed by atoms with Crippen molar-refractivity contribution >= 4 is 17.6 Å². The topological polar surface area (TPSA) is 113 Å². The number of hydrogen-bond donors (Lipinski definition) is 3. The van der Waals surface area contributed by atoms with Crippen LogP contribution in [0.2, 0.25) is 0 Å². The molecule has 30 heavy (non-hydrogen) atoms. The first-order valence-corrected chi connectivity index (χ1v) is 9.62. The highest BCUT2D eigenvalue weighted by Crippen LogP contribution is 2.43. The third-order valence-electron chi connectivity index (χ3n) is 5.34. The second-order valence-corrected chi connectivity index (χ2v) is 7.02. The standard InChI is InChI=1S/C21H22N4O5/c1-2-25-19(26)18(23-16-9-6-10-22-11-16)17(20(27)28)21(24-25,15-12-29-30-13-15)14-7-4-3-5-8-14/h3-11,15,23-24H,2,12-13H2,1H3,(H,27,28). The normalized spacial score (nSPS) is 22.4. The molecule has 0 bridgehead atoms. The molecule has 1 aromatic carbocycles. The van der Waals surface area contributed by atoms with Gasteiger partial charge in [-0.2, -0.15) is 0 Å². The minimum absolute atomic E-state index is 0.0214. The molecule has 0 saturated carbocycles. The summed E-state index contributed by atoms with van der Waals surface area (Å²) >= 11 is 0. The van der Waals surface area contributed by atoms with E-state index < -0.39 is 17.4 Å². The molecule has 0 radical (unpaired) electrons. The molecule has 2 aliphatic heterocycles. The summed E-state index contributed by atoms with van der Waals surface area (Å²) < 4.78 is 0. The van der Waals surface area contributed by atoms with Gasteiger partial charge in [-0.3, -0.25) is 14.8 Å². The molecular formula is C21H22N4O5. The Bertz CT molecular complexity index is 960. The van der Waals surface area contributed by atoms with E-state index in [1.54, 1.807) is 18.3 Å². The first kappa shape index (κ1) is 20.0. The van der Waals surface area contributed by atoms with Crippen LogP contribution in [0.4, 0.5) is 5.69 Å². The van der Waals surface area contributed by atoms with Crippen molar-refractivity contribution in [3.63, 3.8) is 0 Å². The number of amides is 1. The fourth-order valence-electron chi connectivity index (χ4n) is 3.95. The highest BCUT2D eigenvalue weighted by Gasteiger charge is 2.55. The van der Waals surface area contributed by atoms with Gasteiger partial charge in [0.1, 0.15) is 11.2 Å². The van der Waals surface area contributed by atoms with Crippen LogP contribution in [-0.2, 0) is 24.9 Å². The molecule has 9 nitrogen and oxygen atoms in total. The SMILES string of the molecule is CCN1NC(c2ccccc2)(C2COOC2)C(C(=O)O)=C(Nc2cccnc2)C1=O. The first-order valence-electron chi connectivity index (χ1n) is 9.62. The molecule has 2 aliphatic rings. The molecular weight excluding hydrogens is 388 g/mol. The maximum absolute atomic E-state index is 13.2. The van der Waals surface area contributed by atoms with Crippen molar-refractivity contribution in [3.05, 3.63) is 71.7 Å². The van der Waals surface area contributed by atoms with Gasteiger partial charge in [0.25, 0.3) is 5.91 Å². The Morgan fingerprint density at radius 1 is 1.27 bits per heavy atom. The summed E-state index contributed by atoms with van der Waals surface area (Å²) in [6, 6.07) is 12.6. The zero-order valence-electron chi connectivity index (χ0n) is 16.4. The van der Waals surface area contributed by atoms with Crippen molar-refractivity contribution in [1.29, 1.82) is 0 Å². The van der Waals surface area contributed by atoms with Crippen LogP contribution in [-0.4, -0.2) is 46.7 Å². The average molecular weight is 410 g/mol. The molecule has 3 heterocycles. The van der Waals surface area contributed by atoms with Crippen molar-refractivity contribution in [2.24, 2.45) is 5.92 Å². The smallest absolute Gasteiger partial charge is 0.336 e. The number of nitrogens with one attached hydrogen (secondary N) is 2. The summed E-state index contributed by atoms with van der Waals surface area (Å²) in [5, 5.41) is 14.7. The molecule has 1 saturated heterocycles. The second-order valence-electron chi connectivity index (χ2n) is 7.02. The highest BCUT2D eigenvalue weighted by atomic mass is 17.2. The number of nitrogens with zero attached hydrogens (tertiary/aromatic N) is 2. The van der Waals surface area contributed by atoms with Gasteiger partial charge in [-0.25, -0.2) is 20.0 Å². The van der Waals surface area contributed by atoms with E-state index >= 15 is 0 Å². The summed E-state index contributed by atoms with van der Waals surface area (Å²) in [6.45, 7) is 2.48. The van der Waals surface area contributed by atoms with Crippen molar-refractivity contribution in [3.8, 4) is 0 Å². The Labute approximate surface area is 173 Å². The third-order valence-corrected chi connectivity index (χ3v) is 5.34. The molecule has 1 fully saturated rings. The molecule has 1 aromatic heterocycles. The molecule has 0 spiro atoms. The highest BCUT2D eigenvalue weighted by molar-refractivity contribution is 6.07. The number of likely N-dealkylation sites (N-methyl/N-ethyl adjacent to an activating group) is 1. The second kappa shape index (κ2) is 8.23. The van der Waals surface area contributed by atoms with Crippen LogP contribution in [0.15, 0.2) is 66.1 Å². The molecule has 0 aliphatic carbocycles. The van der Waals surface area contributed by atoms with Crippen molar-refractivity contribution < 1.29 is 24.5 Å². The molecule has 1 unspecified atom stereocenters. The van der Waals surface area contributed by atoms with E-state index in [9.17, 15) is 14.7 Å². The van der Waals surface area contributed by atoms with E-state index in [1.807, 2.05) is 37.3 Å². The van der Waals surface area contributed by atoms with E-state index in [0.29, 0.717) is 17.8 Å². The van der Waals surface area contributed by atoms with Gasteiger partial charge < -0.3 is 10.4 Å². The van der Waals surface area contributed by atoms with Gasteiger partial charge in [-0.15, -0.1) is 0 Å². The molecule has 3 N–H and O–H groups in total. The Kier molecular flexibility index (Phi) is 5.49. The number of anilines is 1. The predicted molar refractivity (Wildman–Crippen MR) is 107 cm³/mol. The Morgan fingerprint density at radius 3 is 2.60 bits per heavy atom. The number of aliphatic carboxylic acids is 1. The Hall–Kier alpha value is -3.27. The summed E-state index contributed by atoms with van der Waals surface area (Å²) in [4.78, 5) is 40.2. The molecule has 1 atom stereocenters. The number of carboxylic acid groups (broad SMARTS) is 1. The monoisotopic (exact) mass is 410 g/mol. The largest absolute Gasteiger partial charge is 0.478 e. The van der Waals surface area contributed by atoms with Crippen LogP contribution in [0, 0.1) is 5.92 Å². The van der Waals surface area contributed by atoms with Crippen LogP contribution in [0.5, 0.6) is 0 Å². The first-order chi connectivity index (χ1) is 14.6. The maximum Gasteiger partial charge on any atom is 0.336 e. The number of carbonyl (C=O) groups excluding carboxylic acids is 1. The number of aromatic nitrogens is 1. The van der Waals surface area contributed by atoms with Crippen LogP contribution in [0.25, 0.3) is 0 Å². The Balaban J connectivity index is 1.98. The fraction of sp³-hybridized carbons (Fsp3) is 0.286. The van der Waals surface area contributed by atoms with Crippen LogP contribution in [0.3, 0.4) is 0 Å². The van der Waals surface area contributed by atoms with Crippen molar-refractivity contribution in [2.45, 2.75) is 12.5 Å². The zero-order valence-corrected chi connectivity index (χ0v) is 16.4. The van der Waals surface area contributed by atoms with Gasteiger partial charge in [0.2, 0.25) is 0 Å². The zero-order chi connectivity index (χ0) is 21.1. The minimum Gasteiger partial charge on any atom is -0.478 e. The maximum atomic E-state index is 13.2. The number of hydrogen-bond acceptors (Lipinski definition) is 7. The Morgan fingerprint density at radius 2 is 2.00 bits per heavy atom. The molecule has 9 heteroatoms. The number of pyridine rings is 1. The lowest BCUT2D eigenvalue weighted by molar-refractivity contribution is -0.248. The third kappa shape index (κ3) is 3.32. The number of carboxylic acids is 1. The lowest BCUT2D eigenvalue weighted by atomic mass is 9.71. The van der Waals surface area contributed by atoms with E-state index in [0.717, 1.165) is 0 Å². The summed E-state index contributed by atoms with van der Waals surface area (Å²) in [5.41, 5.74) is 3.04. The van der Waals surface area contributed by atoms with Crippen LogP contribution in [0.1, 0.15) is 12.5 Å². The van der Waals surface area contributed by atoms with E-state index in [-0.39, 0.29) is 30.4 Å². The van der Waals surface area contributed by atoms with Gasteiger partial charge in [0.15, 0.2) is 0 Å². The number of rotatable bonds is 6. The fourth-order valence-corrected chi connectivity index (χ4v) is 3.95. The van der Waals surface area contributed by atoms with Gasteiger partial charge in [0, 0.05) is 18.7 Å². The number of benzene rings is 1. The van der Waals surface area contributed by atoms with Crippen molar-refractivity contribution in [2.75, 3.05) is 25.1 Å². The average Bonchev–Trinajstić information content (AvgIpc) is 3.31. The van der Waals surface area contributed by atoms with E-state index in [1.165, 1.54) is 11.2 Å². The van der Waals surface area contributed by atoms with E-state index in [4.69, 9.17) is 9.78 Å². The lowest BCUT2D eigenvalue weighted by Crippen LogP contribution is -2.65. The lowest BCUT2D eigenvalue weighted by Gasteiger charge is -2.47. The summed E-state index contributed by atoms with van der Waals surface area (Å²) in [6.07, 6.45) is 3.13. The number of carbonyl (C=O) groups is 2. The molecule has 1 amide bonds. The van der Waals surface area contributed by atoms with Crippen LogP contribution < -0.4 is 10.7 Å². The van der Waals surface area contributed by atoms with E-state index in [2.05, 4.69) is 15.7 Å². The number of hydrazine groups is 1. The van der Waals surface area contributed by atoms with Gasteiger partial charge in [-0.1, -0.05) is 30.3 Å². The molecule has 2 aromatic rings. The summed E-state index contributed by atoms with van der Waals surface area (Å²) in [7, 11) is 0. The predicted octanol–water partition coefficient (Wildman–Crippen LogP) is 1.67. The van der Waals surface area contributed by atoms with Gasteiger partial charge >= 0.3 is 5.97 Å². The minimum atomic E-state index is -1.25. The quantitative estimate of drug-likeness (QED) is 0.617. The van der Waals surface area contributed by atoms with Gasteiger partial charge in [-0.05, 0) is 24.6 Å². The van der Waals surface area contributed by atoms with Crippen molar-refractivity contribution in [1.82, 2.24) is 15.4 Å². The molecule has 4 rings (SSSR count). The molecule has 156 valence electrons. The van der Waals surface area contributed by atoms with Crippen LogP contribution >= 0.6 is 0 Å². The van der Waals surface area contributed by atoms with Gasteiger partial charge in [0.05, 0.1) is 30.7 Å². The summed E-state index contributed by atoms with van der Waals surface area (Å²) in [5.74, 6) is -2.07.